The van der Waals surface area contributed by atoms with Gasteiger partial charge in [0.1, 0.15) is 18.8 Å². The second kappa shape index (κ2) is 9.46. The molecule has 0 amide bonds. The van der Waals surface area contributed by atoms with E-state index in [1.807, 2.05) is 0 Å². The molecular formula is C22H28ClN3O4. The number of aromatic nitrogens is 1. The van der Waals surface area contributed by atoms with Crippen LogP contribution in [0.5, 0.6) is 0 Å². The van der Waals surface area contributed by atoms with E-state index in [9.17, 15) is 5.26 Å². The highest BCUT2D eigenvalue weighted by Crippen LogP contribution is 2.44. The third-order valence-corrected chi connectivity index (χ3v) is 6.31. The number of fused-ring (bicyclic) bond motifs is 4. The summed E-state index contributed by atoms with van der Waals surface area (Å²) in [5, 5.41) is 10.7. The lowest BCUT2D eigenvalue weighted by atomic mass is 9.67. The Hall–Kier alpha value is -1.95. The zero-order valence-corrected chi connectivity index (χ0v) is 18.0. The molecule has 0 radical (unpaired) electrons. The van der Waals surface area contributed by atoms with Crippen molar-refractivity contribution >= 4 is 16.6 Å². The maximum atomic E-state index is 9.26. The van der Waals surface area contributed by atoms with Crippen molar-refractivity contribution in [3.63, 3.8) is 0 Å². The van der Waals surface area contributed by atoms with Crippen molar-refractivity contribution in [3.8, 4) is 6.07 Å². The van der Waals surface area contributed by atoms with E-state index in [1.54, 1.807) is 0 Å². The van der Waals surface area contributed by atoms with Crippen molar-refractivity contribution in [3.05, 3.63) is 35.5 Å². The smallest absolute Gasteiger partial charge is 0.206 e. The minimum Gasteiger partial charge on any atom is -0.350 e. The Labute approximate surface area is 179 Å². The van der Waals surface area contributed by atoms with E-state index in [0.717, 1.165) is 19.4 Å². The van der Waals surface area contributed by atoms with E-state index in [1.165, 1.54) is 66.5 Å². The molecule has 2 aliphatic heterocycles. The second-order valence-electron chi connectivity index (χ2n) is 8.13. The molecule has 8 heteroatoms. The van der Waals surface area contributed by atoms with Crippen LogP contribution in [-0.4, -0.2) is 28.4 Å². The molecule has 1 N–H and O–H groups in total. The van der Waals surface area contributed by atoms with Crippen molar-refractivity contribution < 1.29 is 33.5 Å². The predicted octanol–water partition coefficient (Wildman–Crippen LogP) is 0.0438. The molecular weight excluding hydrogens is 406 g/mol. The SMILES string of the molecule is CCCCC1(CCC#N)CCC[N+]2=C1c1[nH]c3ccccc3c1CC2.[O-][Cl+3]([O-])([O-])[O-]. The first-order chi connectivity index (χ1) is 14.3. The first-order valence-corrected chi connectivity index (χ1v) is 11.7. The lowest BCUT2D eigenvalue weighted by Crippen LogP contribution is -2.68. The zero-order chi connectivity index (χ0) is 21.8. The predicted molar refractivity (Wildman–Crippen MR) is 102 cm³/mol. The minimum absolute atomic E-state index is 0.181. The van der Waals surface area contributed by atoms with E-state index < -0.39 is 10.2 Å². The van der Waals surface area contributed by atoms with Crippen LogP contribution < -0.4 is 18.6 Å². The monoisotopic (exact) mass is 433 g/mol. The van der Waals surface area contributed by atoms with Gasteiger partial charge in [-0.1, -0.05) is 38.0 Å². The topological polar surface area (TPSA) is 135 Å². The normalized spacial score (nSPS) is 20.8. The van der Waals surface area contributed by atoms with Crippen LogP contribution in [0.1, 0.15) is 63.1 Å². The van der Waals surface area contributed by atoms with Crippen LogP contribution in [0, 0.1) is 27.0 Å². The molecule has 1 atom stereocenters. The molecule has 1 aromatic carbocycles. The van der Waals surface area contributed by atoms with Crippen LogP contribution in [0.25, 0.3) is 10.9 Å². The van der Waals surface area contributed by atoms with Gasteiger partial charge in [0.2, 0.25) is 5.71 Å². The molecule has 7 nitrogen and oxygen atoms in total. The molecule has 0 fully saturated rings. The number of H-pyrrole nitrogens is 1. The third kappa shape index (κ3) is 5.02. The molecule has 162 valence electrons. The number of para-hydroxylation sites is 1. The first-order valence-electron chi connectivity index (χ1n) is 10.5. The number of hydrogen-bond donors (Lipinski definition) is 1. The fourth-order valence-corrected chi connectivity index (χ4v) is 5.15. The van der Waals surface area contributed by atoms with E-state index in [0.29, 0.717) is 6.42 Å². The number of unbranched alkanes of at least 4 members (excludes halogenated alkanes) is 1. The summed E-state index contributed by atoms with van der Waals surface area (Å²) in [5.41, 5.74) is 5.85. The Balaban J connectivity index is 0.000000461. The molecule has 0 bridgehead atoms. The quantitative estimate of drug-likeness (QED) is 0.664. The van der Waals surface area contributed by atoms with Crippen molar-refractivity contribution in [1.82, 2.24) is 4.98 Å². The molecule has 0 aliphatic carbocycles. The summed E-state index contributed by atoms with van der Waals surface area (Å²) in [6.45, 7) is 4.58. The van der Waals surface area contributed by atoms with Gasteiger partial charge >= 0.3 is 0 Å². The minimum atomic E-state index is -4.94. The van der Waals surface area contributed by atoms with Crippen LogP contribution in [0.3, 0.4) is 0 Å². The fourth-order valence-electron chi connectivity index (χ4n) is 5.15. The lowest BCUT2D eigenvalue weighted by Gasteiger charge is -2.37. The van der Waals surface area contributed by atoms with Gasteiger partial charge in [0.05, 0.1) is 11.5 Å². The van der Waals surface area contributed by atoms with Gasteiger partial charge in [0.25, 0.3) is 0 Å². The summed E-state index contributed by atoms with van der Waals surface area (Å²) >= 11 is 0. The summed E-state index contributed by atoms with van der Waals surface area (Å²) in [7, 11) is -4.94. The molecule has 1 unspecified atom stereocenters. The van der Waals surface area contributed by atoms with Gasteiger partial charge in [-0.15, -0.1) is 10.2 Å². The maximum absolute atomic E-state index is 9.26. The molecule has 0 saturated carbocycles. The molecule has 4 rings (SSSR count). The lowest BCUT2D eigenvalue weighted by molar-refractivity contribution is -2.00. The van der Waals surface area contributed by atoms with Gasteiger partial charge in [-0.3, -0.25) is 0 Å². The van der Waals surface area contributed by atoms with Crippen LogP contribution in [-0.2, 0) is 6.42 Å². The van der Waals surface area contributed by atoms with E-state index in [2.05, 4.69) is 46.8 Å². The highest BCUT2D eigenvalue weighted by Gasteiger charge is 2.47. The molecule has 0 spiro atoms. The Kier molecular flexibility index (Phi) is 7.17. The van der Waals surface area contributed by atoms with Crippen molar-refractivity contribution in [2.75, 3.05) is 13.1 Å². The molecule has 3 heterocycles. The van der Waals surface area contributed by atoms with Gasteiger partial charge in [0, 0.05) is 30.2 Å². The Morgan fingerprint density at radius 3 is 2.60 bits per heavy atom. The number of hydrogen-bond acceptors (Lipinski definition) is 5. The maximum Gasteiger partial charge on any atom is 0.206 e. The average molecular weight is 434 g/mol. The third-order valence-electron chi connectivity index (χ3n) is 6.31. The van der Waals surface area contributed by atoms with E-state index >= 15 is 0 Å². The summed E-state index contributed by atoms with van der Waals surface area (Å²) < 4.78 is 36.6. The van der Waals surface area contributed by atoms with Crippen molar-refractivity contribution in [2.45, 2.75) is 58.3 Å². The Morgan fingerprint density at radius 2 is 1.90 bits per heavy atom. The van der Waals surface area contributed by atoms with Gasteiger partial charge in [0.15, 0.2) is 0 Å². The molecule has 2 aromatic rings. The molecule has 0 saturated heterocycles. The van der Waals surface area contributed by atoms with E-state index in [4.69, 9.17) is 18.6 Å². The zero-order valence-electron chi connectivity index (χ0n) is 17.3. The number of halogens is 1. The van der Waals surface area contributed by atoms with Crippen molar-refractivity contribution in [2.24, 2.45) is 5.41 Å². The van der Waals surface area contributed by atoms with Crippen LogP contribution >= 0.6 is 0 Å². The molecule has 30 heavy (non-hydrogen) atoms. The summed E-state index contributed by atoms with van der Waals surface area (Å²) in [6.07, 6.45) is 8.97. The average Bonchev–Trinajstić information content (AvgIpc) is 3.08. The largest absolute Gasteiger partial charge is 0.350 e. The van der Waals surface area contributed by atoms with Crippen LogP contribution in [0.15, 0.2) is 24.3 Å². The summed E-state index contributed by atoms with van der Waals surface area (Å²) in [4.78, 5) is 3.76. The molecule has 1 aromatic heterocycles. The Bertz CT molecular complexity index is 951. The highest BCUT2D eigenvalue weighted by molar-refractivity contribution is 6.06. The number of nitrogens with one attached hydrogen (secondary N) is 1. The van der Waals surface area contributed by atoms with Crippen LogP contribution in [0.4, 0.5) is 0 Å². The number of nitriles is 1. The number of benzene rings is 1. The number of rotatable bonds is 5. The summed E-state index contributed by atoms with van der Waals surface area (Å²) in [5.74, 6) is 0. The van der Waals surface area contributed by atoms with E-state index in [-0.39, 0.29) is 5.41 Å². The Morgan fingerprint density at radius 1 is 1.17 bits per heavy atom. The highest BCUT2D eigenvalue weighted by atomic mass is 35.7. The fraction of sp³-hybridized carbons (Fsp3) is 0.545. The standard InChI is InChI=1S/C22H27N3.ClHO4/c1-2-3-11-22(12-6-14-23)13-7-15-25-16-10-18-17-8-4-5-9-19(17)24-20(18)21(22)25;2-1(3,4)5/h4-5,8-9H,2-3,6-7,10-13,15-16H2,1H3;(H,2,3,4,5). The summed E-state index contributed by atoms with van der Waals surface area (Å²) in [6, 6.07) is 11.1. The van der Waals surface area contributed by atoms with Crippen LogP contribution in [0.2, 0.25) is 0 Å². The van der Waals surface area contributed by atoms with Crippen molar-refractivity contribution in [1.29, 1.82) is 5.26 Å². The van der Waals surface area contributed by atoms with Gasteiger partial charge in [-0.2, -0.15) is 5.26 Å². The van der Waals surface area contributed by atoms with Gasteiger partial charge in [-0.05, 0) is 30.9 Å². The number of nitrogens with zero attached hydrogens (tertiary/aromatic N) is 2. The van der Waals surface area contributed by atoms with Gasteiger partial charge < -0.3 is 4.98 Å². The second-order valence-corrected chi connectivity index (χ2v) is 8.89. The first kappa shape index (κ1) is 22.7. The number of aromatic amines is 1. The molecule has 2 aliphatic rings. The van der Waals surface area contributed by atoms with Gasteiger partial charge in [-0.25, -0.2) is 23.2 Å².